The zero-order valence-corrected chi connectivity index (χ0v) is 15.5. The number of carbonyl (C=O) groups is 2. The average Bonchev–Trinajstić information content (AvgIpc) is 3.04. The first-order valence-electron chi connectivity index (χ1n) is 9.00. The Balaban J connectivity index is 1.68. The van der Waals surface area contributed by atoms with Crippen molar-refractivity contribution in [2.24, 2.45) is 0 Å². The minimum atomic E-state index is -0.404. The Kier molecular flexibility index (Phi) is 5.26. The van der Waals surface area contributed by atoms with Crippen LogP contribution < -0.4 is 15.5 Å². The van der Waals surface area contributed by atoms with Gasteiger partial charge in [0.05, 0.1) is 0 Å². The summed E-state index contributed by atoms with van der Waals surface area (Å²) in [4.78, 5) is 26.3. The molecule has 1 unspecified atom stereocenters. The summed E-state index contributed by atoms with van der Waals surface area (Å²) in [5, 5.41) is 6.24. The number of hydrogen-bond donors (Lipinski definition) is 2. The Bertz CT molecular complexity index is 812. The first-order valence-corrected chi connectivity index (χ1v) is 9.00. The van der Waals surface area contributed by atoms with Crippen LogP contribution in [0.15, 0.2) is 42.5 Å². The van der Waals surface area contributed by atoms with E-state index in [-0.39, 0.29) is 11.8 Å². The number of anilines is 3. The quantitative estimate of drug-likeness (QED) is 0.860. The molecule has 0 aliphatic carbocycles. The number of rotatable bonds is 5. The highest BCUT2D eigenvalue weighted by Gasteiger charge is 2.22. The first-order chi connectivity index (χ1) is 12.5. The lowest BCUT2D eigenvalue weighted by Crippen LogP contribution is -2.32. The minimum Gasteiger partial charge on any atom is -0.374 e. The maximum atomic E-state index is 12.6. The molecule has 1 aliphatic rings. The molecule has 136 valence electrons. The summed E-state index contributed by atoms with van der Waals surface area (Å²) in [5.74, 6) is 0.0630. The molecular formula is C21H25N3O2. The van der Waals surface area contributed by atoms with Crippen molar-refractivity contribution in [3.8, 4) is 0 Å². The van der Waals surface area contributed by atoms with E-state index in [1.807, 2.05) is 63.2 Å². The van der Waals surface area contributed by atoms with Crippen LogP contribution >= 0.6 is 0 Å². The van der Waals surface area contributed by atoms with Crippen molar-refractivity contribution in [1.82, 2.24) is 0 Å². The standard InChI is InChI=1S/C21H25N3O2/c1-14-7-4-8-15(2)20(14)23-21(26)16(3)22-17-9-5-10-18(13-17)24-12-6-11-19(24)25/h4-5,7-10,13,16,22H,6,11-12H2,1-3H3,(H,23,26). The number of benzene rings is 2. The van der Waals surface area contributed by atoms with E-state index in [1.165, 1.54) is 0 Å². The summed E-state index contributed by atoms with van der Waals surface area (Å²) in [6.07, 6.45) is 1.50. The molecule has 0 radical (unpaired) electrons. The topological polar surface area (TPSA) is 61.4 Å². The summed E-state index contributed by atoms with van der Waals surface area (Å²) in [6, 6.07) is 13.2. The lowest BCUT2D eigenvalue weighted by Gasteiger charge is -2.20. The van der Waals surface area contributed by atoms with Crippen LogP contribution in [0.2, 0.25) is 0 Å². The number of aryl methyl sites for hydroxylation is 2. The van der Waals surface area contributed by atoms with Gasteiger partial charge in [0.25, 0.3) is 0 Å². The summed E-state index contributed by atoms with van der Waals surface area (Å²) < 4.78 is 0. The van der Waals surface area contributed by atoms with Gasteiger partial charge >= 0.3 is 0 Å². The molecule has 0 aromatic heterocycles. The summed E-state index contributed by atoms with van der Waals surface area (Å²) in [7, 11) is 0. The molecule has 1 fully saturated rings. The molecule has 5 heteroatoms. The molecule has 1 saturated heterocycles. The van der Waals surface area contributed by atoms with Crippen LogP contribution in [0.3, 0.4) is 0 Å². The Morgan fingerprint density at radius 2 is 1.81 bits per heavy atom. The fourth-order valence-electron chi connectivity index (χ4n) is 3.24. The highest BCUT2D eigenvalue weighted by molar-refractivity contribution is 5.98. The third-order valence-corrected chi connectivity index (χ3v) is 4.74. The highest BCUT2D eigenvalue weighted by Crippen LogP contribution is 2.25. The van der Waals surface area contributed by atoms with Gasteiger partial charge in [-0.2, -0.15) is 0 Å². The number of nitrogens with one attached hydrogen (secondary N) is 2. The normalized spacial score (nSPS) is 15.0. The van der Waals surface area contributed by atoms with Gasteiger partial charge in [0.15, 0.2) is 0 Å². The third-order valence-electron chi connectivity index (χ3n) is 4.74. The SMILES string of the molecule is Cc1cccc(C)c1NC(=O)C(C)Nc1cccc(N2CCCC2=O)c1. The lowest BCUT2D eigenvalue weighted by molar-refractivity contribution is -0.117. The second-order valence-electron chi connectivity index (χ2n) is 6.82. The molecule has 2 aromatic carbocycles. The van der Waals surface area contributed by atoms with Crippen molar-refractivity contribution >= 4 is 28.9 Å². The monoisotopic (exact) mass is 351 g/mol. The first kappa shape index (κ1) is 18.0. The van der Waals surface area contributed by atoms with E-state index in [9.17, 15) is 9.59 Å². The smallest absolute Gasteiger partial charge is 0.246 e. The van der Waals surface area contributed by atoms with Crippen molar-refractivity contribution in [3.63, 3.8) is 0 Å². The predicted octanol–water partition coefficient (Wildman–Crippen LogP) is 3.87. The summed E-state index contributed by atoms with van der Waals surface area (Å²) in [6.45, 7) is 6.55. The van der Waals surface area contributed by atoms with E-state index in [1.54, 1.807) is 4.90 Å². The van der Waals surface area contributed by atoms with Crippen molar-refractivity contribution in [2.75, 3.05) is 22.1 Å². The van der Waals surface area contributed by atoms with Crippen LogP contribution in [0.4, 0.5) is 17.1 Å². The van der Waals surface area contributed by atoms with Crippen LogP contribution in [-0.2, 0) is 9.59 Å². The van der Waals surface area contributed by atoms with E-state index in [2.05, 4.69) is 10.6 Å². The molecular weight excluding hydrogens is 326 g/mol. The molecule has 2 N–H and O–H groups in total. The molecule has 3 rings (SSSR count). The minimum absolute atomic E-state index is 0.0925. The maximum Gasteiger partial charge on any atom is 0.246 e. The maximum absolute atomic E-state index is 12.6. The molecule has 0 saturated carbocycles. The van der Waals surface area contributed by atoms with Gasteiger partial charge in [-0.3, -0.25) is 9.59 Å². The van der Waals surface area contributed by atoms with Crippen LogP contribution in [0.1, 0.15) is 30.9 Å². The van der Waals surface area contributed by atoms with Gasteiger partial charge in [-0.1, -0.05) is 24.3 Å². The van der Waals surface area contributed by atoms with E-state index in [0.29, 0.717) is 6.42 Å². The Morgan fingerprint density at radius 1 is 1.12 bits per heavy atom. The number of amides is 2. The van der Waals surface area contributed by atoms with E-state index in [4.69, 9.17) is 0 Å². The molecule has 1 atom stereocenters. The zero-order chi connectivity index (χ0) is 18.7. The van der Waals surface area contributed by atoms with Crippen molar-refractivity contribution < 1.29 is 9.59 Å². The van der Waals surface area contributed by atoms with Crippen LogP contribution in [0.25, 0.3) is 0 Å². The predicted molar refractivity (Wildman–Crippen MR) is 106 cm³/mol. The Hall–Kier alpha value is -2.82. The summed E-state index contributed by atoms with van der Waals surface area (Å²) in [5.41, 5.74) is 4.65. The van der Waals surface area contributed by atoms with Gasteiger partial charge in [-0.25, -0.2) is 0 Å². The number of para-hydroxylation sites is 1. The van der Waals surface area contributed by atoms with Crippen LogP contribution in [-0.4, -0.2) is 24.4 Å². The van der Waals surface area contributed by atoms with Gasteiger partial charge in [0, 0.05) is 30.0 Å². The molecule has 5 nitrogen and oxygen atoms in total. The second kappa shape index (κ2) is 7.60. The molecule has 0 bridgehead atoms. The Morgan fingerprint density at radius 3 is 2.46 bits per heavy atom. The third kappa shape index (κ3) is 3.87. The fourth-order valence-corrected chi connectivity index (χ4v) is 3.24. The van der Waals surface area contributed by atoms with Gasteiger partial charge < -0.3 is 15.5 Å². The lowest BCUT2D eigenvalue weighted by atomic mass is 10.1. The Labute approximate surface area is 154 Å². The summed E-state index contributed by atoms with van der Waals surface area (Å²) >= 11 is 0. The largest absolute Gasteiger partial charge is 0.374 e. The molecule has 0 spiro atoms. The van der Waals surface area contributed by atoms with Crippen molar-refractivity contribution in [1.29, 1.82) is 0 Å². The van der Waals surface area contributed by atoms with E-state index >= 15 is 0 Å². The molecule has 1 heterocycles. The van der Waals surface area contributed by atoms with Gasteiger partial charge in [0.2, 0.25) is 11.8 Å². The van der Waals surface area contributed by atoms with Crippen LogP contribution in [0.5, 0.6) is 0 Å². The van der Waals surface area contributed by atoms with Crippen molar-refractivity contribution in [3.05, 3.63) is 53.6 Å². The van der Waals surface area contributed by atoms with Gasteiger partial charge in [0.1, 0.15) is 6.04 Å². The number of carbonyl (C=O) groups excluding carboxylic acids is 2. The number of hydrogen-bond acceptors (Lipinski definition) is 3. The van der Waals surface area contributed by atoms with E-state index in [0.717, 1.165) is 41.2 Å². The zero-order valence-electron chi connectivity index (χ0n) is 15.5. The molecule has 2 aromatic rings. The highest BCUT2D eigenvalue weighted by atomic mass is 16.2. The fraction of sp³-hybridized carbons (Fsp3) is 0.333. The molecule has 26 heavy (non-hydrogen) atoms. The molecule has 1 aliphatic heterocycles. The second-order valence-corrected chi connectivity index (χ2v) is 6.82. The van der Waals surface area contributed by atoms with Crippen molar-refractivity contribution in [2.45, 2.75) is 39.7 Å². The van der Waals surface area contributed by atoms with E-state index < -0.39 is 6.04 Å². The average molecular weight is 351 g/mol. The number of nitrogens with zero attached hydrogens (tertiary/aromatic N) is 1. The van der Waals surface area contributed by atoms with Gasteiger partial charge in [-0.15, -0.1) is 0 Å². The van der Waals surface area contributed by atoms with Crippen LogP contribution in [0, 0.1) is 13.8 Å². The van der Waals surface area contributed by atoms with Gasteiger partial charge in [-0.05, 0) is 56.5 Å². The molecule has 2 amide bonds.